The van der Waals surface area contributed by atoms with Crippen LogP contribution in [0.4, 0.5) is 11.4 Å². The first-order valence-electron chi connectivity index (χ1n) is 8.08. The molecule has 110 valence electrons. The minimum atomic E-state index is 0.477. The number of benzene rings is 1. The molecule has 0 amide bonds. The molecule has 1 aliphatic carbocycles. The highest BCUT2D eigenvalue weighted by atomic mass is 16.5. The Bertz CT molecular complexity index is 406. The van der Waals surface area contributed by atoms with Crippen LogP contribution in [0.2, 0.25) is 0 Å². The molecule has 0 radical (unpaired) electrons. The summed E-state index contributed by atoms with van der Waals surface area (Å²) in [6.45, 7) is 5.33. The highest BCUT2D eigenvalue weighted by Crippen LogP contribution is 2.28. The Labute approximate surface area is 122 Å². The second-order valence-electron chi connectivity index (χ2n) is 5.98. The molecule has 3 heteroatoms. The van der Waals surface area contributed by atoms with Crippen LogP contribution in [0.5, 0.6) is 0 Å². The smallest absolute Gasteiger partial charge is 0.0614 e. The van der Waals surface area contributed by atoms with E-state index < -0.39 is 0 Å². The fourth-order valence-electron chi connectivity index (χ4n) is 3.21. The van der Waals surface area contributed by atoms with Crippen molar-refractivity contribution in [2.24, 2.45) is 0 Å². The van der Waals surface area contributed by atoms with Gasteiger partial charge in [-0.15, -0.1) is 0 Å². The summed E-state index contributed by atoms with van der Waals surface area (Å²) in [4.78, 5) is 2.50. The van der Waals surface area contributed by atoms with E-state index in [0.29, 0.717) is 12.1 Å². The van der Waals surface area contributed by atoms with E-state index in [-0.39, 0.29) is 0 Å². The Balaban J connectivity index is 1.49. The van der Waals surface area contributed by atoms with Crippen molar-refractivity contribution < 1.29 is 4.74 Å². The number of hydrogen-bond acceptors (Lipinski definition) is 3. The molecular formula is C17H26N2O. The molecule has 0 spiro atoms. The average Bonchev–Trinajstić information content (AvgIpc) is 2.47. The van der Waals surface area contributed by atoms with Crippen molar-refractivity contribution in [3.05, 3.63) is 24.3 Å². The number of ether oxygens (including phenoxy) is 1. The van der Waals surface area contributed by atoms with E-state index in [1.165, 1.54) is 43.7 Å². The molecule has 1 N–H and O–H groups in total. The molecule has 1 aromatic rings. The number of nitrogens with zero attached hydrogens (tertiary/aromatic N) is 1. The molecule has 1 saturated carbocycles. The molecule has 2 fully saturated rings. The molecular weight excluding hydrogens is 248 g/mol. The van der Waals surface area contributed by atoms with Crippen molar-refractivity contribution in [2.45, 2.75) is 51.2 Å². The lowest BCUT2D eigenvalue weighted by molar-refractivity contribution is 0.00299. The van der Waals surface area contributed by atoms with Crippen LogP contribution in [0, 0.1) is 0 Å². The van der Waals surface area contributed by atoms with Crippen LogP contribution in [-0.2, 0) is 4.74 Å². The minimum absolute atomic E-state index is 0.477. The van der Waals surface area contributed by atoms with Gasteiger partial charge in [-0.05, 0) is 63.3 Å². The maximum atomic E-state index is 5.60. The second-order valence-corrected chi connectivity index (χ2v) is 5.98. The van der Waals surface area contributed by atoms with Crippen LogP contribution in [0.15, 0.2) is 24.3 Å². The van der Waals surface area contributed by atoms with E-state index in [4.69, 9.17) is 4.74 Å². The monoisotopic (exact) mass is 274 g/mol. The average molecular weight is 274 g/mol. The predicted molar refractivity (Wildman–Crippen MR) is 84.6 cm³/mol. The molecule has 2 aliphatic rings. The summed E-state index contributed by atoms with van der Waals surface area (Å²) in [5.41, 5.74) is 2.61. The summed E-state index contributed by atoms with van der Waals surface area (Å²) in [6, 6.07) is 9.54. The van der Waals surface area contributed by atoms with Gasteiger partial charge >= 0.3 is 0 Å². The lowest BCUT2D eigenvalue weighted by atomic mass is 9.89. The summed E-state index contributed by atoms with van der Waals surface area (Å²) >= 11 is 0. The number of hydrogen-bond donors (Lipinski definition) is 1. The Morgan fingerprint density at radius 1 is 1.10 bits per heavy atom. The standard InChI is InChI=1S/C17H26N2O/c1-2-20-17-12-15(13-17)18-14-6-8-16(9-7-14)19-10-4-3-5-11-19/h6-9,15,17-18H,2-5,10-13H2,1H3. The van der Waals surface area contributed by atoms with Gasteiger partial charge in [-0.1, -0.05) is 0 Å². The Morgan fingerprint density at radius 2 is 1.80 bits per heavy atom. The topological polar surface area (TPSA) is 24.5 Å². The van der Waals surface area contributed by atoms with Crippen molar-refractivity contribution in [3.63, 3.8) is 0 Å². The van der Waals surface area contributed by atoms with Crippen LogP contribution in [0.3, 0.4) is 0 Å². The first-order chi connectivity index (χ1) is 9.85. The van der Waals surface area contributed by atoms with Crippen LogP contribution >= 0.6 is 0 Å². The molecule has 0 atom stereocenters. The van der Waals surface area contributed by atoms with Gasteiger partial charge in [0.05, 0.1) is 6.10 Å². The van der Waals surface area contributed by atoms with E-state index in [1.54, 1.807) is 0 Å². The molecule has 0 unspecified atom stereocenters. The molecule has 1 aromatic carbocycles. The molecule has 3 nitrogen and oxygen atoms in total. The number of rotatable bonds is 5. The molecule has 1 heterocycles. The molecule has 0 bridgehead atoms. The number of piperidine rings is 1. The zero-order valence-corrected chi connectivity index (χ0v) is 12.5. The van der Waals surface area contributed by atoms with Crippen molar-refractivity contribution in [1.29, 1.82) is 0 Å². The first-order valence-corrected chi connectivity index (χ1v) is 8.08. The maximum Gasteiger partial charge on any atom is 0.0614 e. The van der Waals surface area contributed by atoms with Gasteiger partial charge in [-0.3, -0.25) is 0 Å². The van der Waals surface area contributed by atoms with Gasteiger partial charge in [0.15, 0.2) is 0 Å². The second kappa shape index (κ2) is 6.49. The molecule has 0 aromatic heterocycles. The summed E-state index contributed by atoms with van der Waals surface area (Å²) in [5.74, 6) is 0. The van der Waals surface area contributed by atoms with Crippen LogP contribution < -0.4 is 10.2 Å². The molecule has 1 aliphatic heterocycles. The molecule has 1 saturated heterocycles. The van der Waals surface area contributed by atoms with Gasteiger partial charge in [-0.25, -0.2) is 0 Å². The number of nitrogens with one attached hydrogen (secondary N) is 1. The maximum absolute atomic E-state index is 5.60. The third-order valence-electron chi connectivity index (χ3n) is 4.46. The zero-order chi connectivity index (χ0) is 13.8. The van der Waals surface area contributed by atoms with E-state index in [2.05, 4.69) is 41.4 Å². The van der Waals surface area contributed by atoms with Crippen LogP contribution in [0.25, 0.3) is 0 Å². The largest absolute Gasteiger partial charge is 0.382 e. The lowest BCUT2D eigenvalue weighted by Crippen LogP contribution is -2.40. The summed E-state index contributed by atoms with van der Waals surface area (Å²) in [6.07, 6.45) is 6.81. The van der Waals surface area contributed by atoms with Crippen LogP contribution in [0.1, 0.15) is 39.0 Å². The van der Waals surface area contributed by atoms with Gasteiger partial charge in [0, 0.05) is 37.1 Å². The summed E-state index contributed by atoms with van der Waals surface area (Å²) < 4.78 is 5.60. The normalized spacial score (nSPS) is 26.1. The Hall–Kier alpha value is -1.22. The van der Waals surface area contributed by atoms with Gasteiger partial charge < -0.3 is 15.0 Å². The molecule has 20 heavy (non-hydrogen) atoms. The van der Waals surface area contributed by atoms with E-state index >= 15 is 0 Å². The zero-order valence-electron chi connectivity index (χ0n) is 12.5. The van der Waals surface area contributed by atoms with E-state index in [0.717, 1.165) is 19.4 Å². The fourth-order valence-corrected chi connectivity index (χ4v) is 3.21. The Kier molecular flexibility index (Phi) is 4.46. The minimum Gasteiger partial charge on any atom is -0.382 e. The highest BCUT2D eigenvalue weighted by Gasteiger charge is 2.29. The van der Waals surface area contributed by atoms with Crippen molar-refractivity contribution >= 4 is 11.4 Å². The van der Waals surface area contributed by atoms with Gasteiger partial charge in [-0.2, -0.15) is 0 Å². The highest BCUT2D eigenvalue weighted by molar-refractivity contribution is 5.55. The van der Waals surface area contributed by atoms with E-state index in [1.807, 2.05) is 0 Å². The third kappa shape index (κ3) is 3.26. The molecule has 3 rings (SSSR count). The summed E-state index contributed by atoms with van der Waals surface area (Å²) in [7, 11) is 0. The van der Waals surface area contributed by atoms with Crippen molar-refractivity contribution in [1.82, 2.24) is 0 Å². The van der Waals surface area contributed by atoms with Gasteiger partial charge in [0.25, 0.3) is 0 Å². The fraction of sp³-hybridized carbons (Fsp3) is 0.647. The van der Waals surface area contributed by atoms with Gasteiger partial charge in [0.1, 0.15) is 0 Å². The Morgan fingerprint density at radius 3 is 2.45 bits per heavy atom. The van der Waals surface area contributed by atoms with Crippen molar-refractivity contribution in [3.8, 4) is 0 Å². The van der Waals surface area contributed by atoms with E-state index in [9.17, 15) is 0 Å². The predicted octanol–water partition coefficient (Wildman–Crippen LogP) is 3.66. The lowest BCUT2D eigenvalue weighted by Gasteiger charge is -2.36. The summed E-state index contributed by atoms with van der Waals surface area (Å²) in [5, 5.41) is 3.60. The van der Waals surface area contributed by atoms with Crippen molar-refractivity contribution in [2.75, 3.05) is 29.9 Å². The number of anilines is 2. The van der Waals surface area contributed by atoms with Gasteiger partial charge in [0.2, 0.25) is 0 Å². The SMILES string of the molecule is CCOC1CC(Nc2ccc(N3CCCCC3)cc2)C1. The van der Waals surface area contributed by atoms with Crippen LogP contribution in [-0.4, -0.2) is 31.8 Å². The quantitative estimate of drug-likeness (QED) is 0.887. The third-order valence-corrected chi connectivity index (χ3v) is 4.46. The first kappa shape index (κ1) is 13.7.